The molecule has 1 saturated heterocycles. The van der Waals surface area contributed by atoms with Gasteiger partial charge in [0.05, 0.1) is 7.11 Å². The Bertz CT molecular complexity index is 351. The largest absolute Gasteiger partial charge is 0.504 e. The molecule has 0 saturated carbocycles. The van der Waals surface area contributed by atoms with Crippen molar-refractivity contribution in [1.82, 2.24) is 5.32 Å². The van der Waals surface area contributed by atoms with Crippen LogP contribution in [0.1, 0.15) is 24.9 Å². The lowest BCUT2D eigenvalue weighted by atomic mass is 10.0. The highest BCUT2D eigenvalue weighted by molar-refractivity contribution is 5.42. The van der Waals surface area contributed by atoms with E-state index in [-0.39, 0.29) is 5.75 Å². The Kier molecular flexibility index (Phi) is 2.82. The van der Waals surface area contributed by atoms with Gasteiger partial charge >= 0.3 is 0 Å². The summed E-state index contributed by atoms with van der Waals surface area (Å²) in [5, 5.41) is 12.9. The molecular weight excluding hydrogens is 190 g/mol. The van der Waals surface area contributed by atoms with E-state index >= 15 is 0 Å². The molecule has 2 N–H and O–H groups in total. The molecule has 3 heteroatoms. The first-order valence-electron chi connectivity index (χ1n) is 5.31. The van der Waals surface area contributed by atoms with Crippen molar-refractivity contribution in [2.45, 2.75) is 19.4 Å². The first-order chi connectivity index (χ1) is 7.20. The molecule has 1 fully saturated rings. The lowest BCUT2D eigenvalue weighted by Gasteiger charge is -2.12. The third kappa shape index (κ3) is 2.07. The van der Waals surface area contributed by atoms with Gasteiger partial charge in [0.25, 0.3) is 0 Å². The summed E-state index contributed by atoms with van der Waals surface area (Å²) < 4.78 is 5.09. The number of hydrogen-bond donors (Lipinski definition) is 2. The van der Waals surface area contributed by atoms with E-state index in [1.165, 1.54) is 5.56 Å². The normalized spacial score (nSPS) is 25.5. The molecule has 3 nitrogen and oxygen atoms in total. The van der Waals surface area contributed by atoms with Gasteiger partial charge in [-0.1, -0.05) is 13.0 Å². The van der Waals surface area contributed by atoms with Gasteiger partial charge in [-0.25, -0.2) is 0 Å². The smallest absolute Gasteiger partial charge is 0.160 e. The zero-order valence-electron chi connectivity index (χ0n) is 9.16. The van der Waals surface area contributed by atoms with Crippen LogP contribution in [0.15, 0.2) is 18.2 Å². The van der Waals surface area contributed by atoms with Crippen LogP contribution >= 0.6 is 0 Å². The molecule has 1 aliphatic heterocycles. The number of rotatable bonds is 2. The molecule has 1 heterocycles. The Labute approximate surface area is 90.1 Å². The van der Waals surface area contributed by atoms with Crippen LogP contribution < -0.4 is 10.1 Å². The van der Waals surface area contributed by atoms with Gasteiger partial charge in [-0.05, 0) is 36.6 Å². The maximum atomic E-state index is 9.48. The van der Waals surface area contributed by atoms with Crippen LogP contribution in [-0.4, -0.2) is 18.8 Å². The van der Waals surface area contributed by atoms with E-state index in [9.17, 15) is 5.11 Å². The van der Waals surface area contributed by atoms with Gasteiger partial charge in [0, 0.05) is 6.04 Å². The number of hydrogen-bond acceptors (Lipinski definition) is 3. The van der Waals surface area contributed by atoms with Crippen LogP contribution in [0.5, 0.6) is 11.5 Å². The topological polar surface area (TPSA) is 41.5 Å². The summed E-state index contributed by atoms with van der Waals surface area (Å²) in [6.45, 7) is 3.30. The Morgan fingerprint density at radius 1 is 1.47 bits per heavy atom. The van der Waals surface area contributed by atoms with Crippen LogP contribution in [0, 0.1) is 5.92 Å². The Balaban J connectivity index is 2.21. The van der Waals surface area contributed by atoms with Crippen LogP contribution in [0.3, 0.4) is 0 Å². The molecule has 2 unspecified atom stereocenters. The van der Waals surface area contributed by atoms with Gasteiger partial charge in [-0.2, -0.15) is 0 Å². The standard InChI is InChI=1S/C12H17NO2/c1-8-5-10(13-7-8)9-3-4-11(14)12(6-9)15-2/h3-4,6,8,10,13-14H,5,7H2,1-2H3. The molecule has 1 aromatic rings. The Morgan fingerprint density at radius 2 is 2.27 bits per heavy atom. The zero-order valence-corrected chi connectivity index (χ0v) is 9.16. The molecule has 82 valence electrons. The first-order valence-corrected chi connectivity index (χ1v) is 5.31. The predicted octanol–water partition coefficient (Wildman–Crippen LogP) is 2.07. The highest BCUT2D eigenvalue weighted by atomic mass is 16.5. The first kappa shape index (κ1) is 10.3. The lowest BCUT2D eigenvalue weighted by Crippen LogP contribution is -2.13. The predicted molar refractivity (Wildman–Crippen MR) is 59.2 cm³/mol. The number of phenols is 1. The number of nitrogens with one attached hydrogen (secondary N) is 1. The van der Waals surface area contributed by atoms with Crippen molar-refractivity contribution in [3.63, 3.8) is 0 Å². The fourth-order valence-corrected chi connectivity index (χ4v) is 2.08. The highest BCUT2D eigenvalue weighted by Gasteiger charge is 2.22. The SMILES string of the molecule is COc1cc(C2CC(C)CN2)ccc1O. The van der Waals surface area contributed by atoms with Crippen molar-refractivity contribution in [1.29, 1.82) is 0 Å². The van der Waals surface area contributed by atoms with E-state index in [1.54, 1.807) is 13.2 Å². The number of ether oxygens (including phenoxy) is 1. The Hall–Kier alpha value is -1.22. The molecule has 15 heavy (non-hydrogen) atoms. The number of aromatic hydroxyl groups is 1. The average Bonchev–Trinajstić information content (AvgIpc) is 2.66. The van der Waals surface area contributed by atoms with Crippen LogP contribution in [0.25, 0.3) is 0 Å². The lowest BCUT2D eigenvalue weighted by molar-refractivity contribution is 0.372. The molecule has 0 amide bonds. The molecular formula is C12H17NO2. The summed E-state index contributed by atoms with van der Waals surface area (Å²) >= 11 is 0. The fraction of sp³-hybridized carbons (Fsp3) is 0.500. The van der Waals surface area contributed by atoms with E-state index in [4.69, 9.17) is 4.74 Å². The minimum atomic E-state index is 0.201. The average molecular weight is 207 g/mol. The highest BCUT2D eigenvalue weighted by Crippen LogP contribution is 2.33. The third-order valence-electron chi connectivity index (χ3n) is 2.96. The molecule has 2 atom stereocenters. The number of methoxy groups -OCH3 is 1. The Morgan fingerprint density at radius 3 is 2.87 bits per heavy atom. The molecule has 0 bridgehead atoms. The van der Waals surface area contributed by atoms with Gasteiger partial charge in [-0.15, -0.1) is 0 Å². The zero-order chi connectivity index (χ0) is 10.8. The summed E-state index contributed by atoms with van der Waals surface area (Å²) in [4.78, 5) is 0. The van der Waals surface area contributed by atoms with Gasteiger partial charge in [0.1, 0.15) is 0 Å². The summed E-state index contributed by atoms with van der Waals surface area (Å²) in [6, 6.07) is 5.95. The fourth-order valence-electron chi connectivity index (χ4n) is 2.08. The second kappa shape index (κ2) is 4.11. The van der Waals surface area contributed by atoms with Crippen LogP contribution in [0.2, 0.25) is 0 Å². The molecule has 1 aliphatic rings. The van der Waals surface area contributed by atoms with E-state index in [0.717, 1.165) is 18.9 Å². The van der Waals surface area contributed by atoms with Gasteiger partial charge in [0.2, 0.25) is 0 Å². The van der Waals surface area contributed by atoms with Crippen LogP contribution in [0.4, 0.5) is 0 Å². The van der Waals surface area contributed by atoms with Crippen molar-refractivity contribution in [3.8, 4) is 11.5 Å². The molecule has 0 spiro atoms. The van der Waals surface area contributed by atoms with Gasteiger partial charge in [-0.3, -0.25) is 0 Å². The van der Waals surface area contributed by atoms with Crippen molar-refractivity contribution >= 4 is 0 Å². The maximum Gasteiger partial charge on any atom is 0.160 e. The van der Waals surface area contributed by atoms with E-state index in [2.05, 4.69) is 12.2 Å². The molecule has 0 aliphatic carbocycles. The van der Waals surface area contributed by atoms with Crippen molar-refractivity contribution < 1.29 is 9.84 Å². The monoisotopic (exact) mass is 207 g/mol. The second-order valence-electron chi connectivity index (χ2n) is 4.23. The summed E-state index contributed by atoms with van der Waals surface area (Å²) in [5.74, 6) is 1.47. The molecule has 1 aromatic carbocycles. The van der Waals surface area contributed by atoms with Gasteiger partial charge < -0.3 is 15.2 Å². The van der Waals surface area contributed by atoms with Crippen LogP contribution in [-0.2, 0) is 0 Å². The van der Waals surface area contributed by atoms with E-state index in [0.29, 0.717) is 11.8 Å². The molecule has 2 rings (SSSR count). The van der Waals surface area contributed by atoms with Crippen molar-refractivity contribution in [2.24, 2.45) is 5.92 Å². The molecule has 0 aromatic heterocycles. The van der Waals surface area contributed by atoms with E-state index in [1.807, 2.05) is 12.1 Å². The minimum Gasteiger partial charge on any atom is -0.504 e. The summed E-state index contributed by atoms with van der Waals surface area (Å²) in [5.41, 5.74) is 1.19. The maximum absolute atomic E-state index is 9.48. The second-order valence-corrected chi connectivity index (χ2v) is 4.23. The van der Waals surface area contributed by atoms with Crippen molar-refractivity contribution in [3.05, 3.63) is 23.8 Å². The summed E-state index contributed by atoms with van der Waals surface area (Å²) in [6.07, 6.45) is 1.15. The number of benzene rings is 1. The minimum absolute atomic E-state index is 0.201. The van der Waals surface area contributed by atoms with Gasteiger partial charge in [0.15, 0.2) is 11.5 Å². The quantitative estimate of drug-likeness (QED) is 0.780. The number of phenolic OH excluding ortho intramolecular Hbond substituents is 1. The summed E-state index contributed by atoms with van der Waals surface area (Å²) in [7, 11) is 1.57. The molecule has 0 radical (unpaired) electrons. The van der Waals surface area contributed by atoms with E-state index < -0.39 is 0 Å². The third-order valence-corrected chi connectivity index (χ3v) is 2.96. The van der Waals surface area contributed by atoms with Crippen molar-refractivity contribution in [2.75, 3.05) is 13.7 Å².